The van der Waals surface area contributed by atoms with Crippen LogP contribution in [0.3, 0.4) is 0 Å². The van der Waals surface area contributed by atoms with Crippen LogP contribution in [0.25, 0.3) is 0 Å². The van der Waals surface area contributed by atoms with E-state index >= 15 is 0 Å². The summed E-state index contributed by atoms with van der Waals surface area (Å²) in [6.45, 7) is 0.709. The molecule has 2 aliphatic carbocycles. The Morgan fingerprint density at radius 1 is 1.38 bits per heavy atom. The van der Waals surface area contributed by atoms with Gasteiger partial charge in [0.1, 0.15) is 0 Å². The van der Waals surface area contributed by atoms with Gasteiger partial charge in [0.25, 0.3) is 0 Å². The van der Waals surface area contributed by atoms with E-state index in [1.54, 1.807) is 0 Å². The van der Waals surface area contributed by atoms with Crippen LogP contribution in [0.5, 0.6) is 0 Å². The molecule has 3 heteroatoms. The zero-order chi connectivity index (χ0) is 11.2. The van der Waals surface area contributed by atoms with Crippen molar-refractivity contribution in [3.63, 3.8) is 0 Å². The minimum absolute atomic E-state index is 0.119. The maximum absolute atomic E-state index is 11.6. The summed E-state index contributed by atoms with van der Waals surface area (Å²) in [6, 6.07) is 0. The normalized spacial score (nSPS) is 46.1. The molecule has 0 N–H and O–H groups in total. The lowest BCUT2D eigenvalue weighted by Gasteiger charge is -2.44. The Morgan fingerprint density at radius 2 is 2.25 bits per heavy atom. The second-order valence-electron chi connectivity index (χ2n) is 5.37. The first-order valence-corrected chi connectivity index (χ1v) is 6.25. The maximum Gasteiger partial charge on any atom is 0.0689 e. The van der Waals surface area contributed by atoms with E-state index in [1.165, 1.54) is 0 Å². The van der Waals surface area contributed by atoms with Gasteiger partial charge in [-0.3, -0.25) is 0 Å². The fourth-order valence-electron chi connectivity index (χ4n) is 3.78. The van der Waals surface area contributed by atoms with Gasteiger partial charge in [-0.05, 0) is 43.9 Å². The Kier molecular flexibility index (Phi) is 2.32. The van der Waals surface area contributed by atoms with Crippen molar-refractivity contribution in [2.24, 2.45) is 17.3 Å². The topological polar surface area (TPSA) is 49.4 Å². The summed E-state index contributed by atoms with van der Waals surface area (Å²) in [4.78, 5) is 11.6. The Labute approximate surface area is 95.5 Å². The summed E-state index contributed by atoms with van der Waals surface area (Å²) in [6.07, 6.45) is 8.84. The Morgan fingerprint density at radius 3 is 2.75 bits per heavy atom. The third-order valence-electron chi connectivity index (χ3n) is 4.57. The van der Waals surface area contributed by atoms with Crippen LogP contribution in [0.15, 0.2) is 12.2 Å². The van der Waals surface area contributed by atoms with E-state index in [1.807, 2.05) is 0 Å². The standard InChI is InChI=1S/C13H18O3/c14-12(15)13(11-3-1-2-6-16-11)8-9-4-5-10(13)7-9/h4-5,9-11H,1-3,6-8H2,(H,14,15)/p-1. The second kappa shape index (κ2) is 3.59. The number of hydrogen-bond donors (Lipinski definition) is 0. The highest BCUT2D eigenvalue weighted by Crippen LogP contribution is 2.55. The molecule has 3 nitrogen and oxygen atoms in total. The van der Waals surface area contributed by atoms with E-state index in [4.69, 9.17) is 4.74 Å². The average Bonchev–Trinajstić information content (AvgIpc) is 2.90. The van der Waals surface area contributed by atoms with E-state index in [-0.39, 0.29) is 12.0 Å². The zero-order valence-electron chi connectivity index (χ0n) is 9.35. The highest BCUT2D eigenvalue weighted by atomic mass is 16.5. The summed E-state index contributed by atoms with van der Waals surface area (Å²) in [5.74, 6) is -0.310. The molecule has 0 amide bonds. The molecule has 3 aliphatic rings. The number of hydrogen-bond acceptors (Lipinski definition) is 3. The number of allylic oxidation sites excluding steroid dienone is 2. The molecule has 3 rings (SSSR count). The minimum Gasteiger partial charge on any atom is -0.549 e. The summed E-state index contributed by atoms with van der Waals surface area (Å²) in [5, 5.41) is 11.6. The molecule has 0 spiro atoms. The van der Waals surface area contributed by atoms with Crippen LogP contribution >= 0.6 is 0 Å². The van der Waals surface area contributed by atoms with Gasteiger partial charge in [-0.1, -0.05) is 12.2 Å². The van der Waals surface area contributed by atoms with Crippen molar-refractivity contribution >= 4 is 5.97 Å². The van der Waals surface area contributed by atoms with Gasteiger partial charge in [-0.25, -0.2) is 0 Å². The lowest BCUT2D eigenvalue weighted by atomic mass is 9.69. The maximum atomic E-state index is 11.6. The first-order valence-electron chi connectivity index (χ1n) is 6.25. The van der Waals surface area contributed by atoms with Gasteiger partial charge in [-0.2, -0.15) is 0 Å². The van der Waals surface area contributed by atoms with Gasteiger partial charge in [0.2, 0.25) is 0 Å². The third-order valence-corrected chi connectivity index (χ3v) is 4.57. The van der Waals surface area contributed by atoms with E-state index in [0.717, 1.165) is 32.1 Å². The quantitative estimate of drug-likeness (QED) is 0.651. The fraction of sp³-hybridized carbons (Fsp3) is 0.769. The van der Waals surface area contributed by atoms with Gasteiger partial charge in [0.05, 0.1) is 12.1 Å². The number of fused-ring (bicyclic) bond motifs is 2. The molecule has 0 aromatic heterocycles. The predicted molar refractivity (Wildman–Crippen MR) is 56.4 cm³/mol. The summed E-state index contributed by atoms with van der Waals surface area (Å²) >= 11 is 0. The number of ether oxygens (including phenoxy) is 1. The van der Waals surface area contributed by atoms with Crippen molar-refractivity contribution in [3.05, 3.63) is 12.2 Å². The molecule has 1 saturated heterocycles. The Bertz CT molecular complexity index is 330. The Balaban J connectivity index is 1.91. The molecular weight excluding hydrogens is 204 g/mol. The first-order chi connectivity index (χ1) is 7.73. The molecule has 1 saturated carbocycles. The molecule has 0 radical (unpaired) electrons. The van der Waals surface area contributed by atoms with Gasteiger partial charge in [0.15, 0.2) is 0 Å². The smallest absolute Gasteiger partial charge is 0.0689 e. The van der Waals surface area contributed by atoms with E-state index in [9.17, 15) is 9.90 Å². The summed E-state index contributed by atoms with van der Waals surface area (Å²) in [7, 11) is 0. The fourth-order valence-corrected chi connectivity index (χ4v) is 3.78. The number of carboxylic acids is 1. The summed E-state index contributed by atoms with van der Waals surface area (Å²) in [5.41, 5.74) is -0.722. The second-order valence-corrected chi connectivity index (χ2v) is 5.37. The lowest BCUT2D eigenvalue weighted by molar-refractivity contribution is -0.327. The molecule has 4 unspecified atom stereocenters. The van der Waals surface area contributed by atoms with E-state index in [2.05, 4.69) is 12.2 Å². The minimum atomic E-state index is -0.892. The van der Waals surface area contributed by atoms with Crippen LogP contribution < -0.4 is 5.11 Å². The molecule has 16 heavy (non-hydrogen) atoms. The van der Waals surface area contributed by atoms with Gasteiger partial charge >= 0.3 is 0 Å². The van der Waals surface area contributed by atoms with Crippen LogP contribution in [-0.2, 0) is 9.53 Å². The number of carbonyl (C=O) groups is 1. The van der Waals surface area contributed by atoms with Gasteiger partial charge in [-0.15, -0.1) is 0 Å². The van der Waals surface area contributed by atoms with Crippen molar-refractivity contribution < 1.29 is 14.6 Å². The molecule has 1 aliphatic heterocycles. The van der Waals surface area contributed by atoms with Crippen molar-refractivity contribution in [2.75, 3.05) is 6.61 Å². The van der Waals surface area contributed by atoms with E-state index in [0.29, 0.717) is 12.5 Å². The van der Waals surface area contributed by atoms with Crippen molar-refractivity contribution in [1.29, 1.82) is 0 Å². The number of rotatable bonds is 2. The monoisotopic (exact) mass is 221 g/mol. The molecule has 1 heterocycles. The largest absolute Gasteiger partial charge is 0.549 e. The molecule has 4 atom stereocenters. The van der Waals surface area contributed by atoms with Crippen LogP contribution in [0.2, 0.25) is 0 Å². The average molecular weight is 221 g/mol. The van der Waals surface area contributed by atoms with Crippen molar-refractivity contribution in [1.82, 2.24) is 0 Å². The lowest BCUT2D eigenvalue weighted by Crippen LogP contribution is -2.54. The molecule has 2 bridgehead atoms. The number of carbonyl (C=O) groups excluding carboxylic acids is 1. The third kappa shape index (κ3) is 1.27. The Hall–Kier alpha value is -0.830. The molecule has 0 aromatic rings. The molecule has 0 aromatic carbocycles. The van der Waals surface area contributed by atoms with Crippen molar-refractivity contribution in [2.45, 2.75) is 38.2 Å². The van der Waals surface area contributed by atoms with Crippen molar-refractivity contribution in [3.8, 4) is 0 Å². The van der Waals surface area contributed by atoms with Gasteiger partial charge in [0, 0.05) is 12.0 Å². The van der Waals surface area contributed by atoms with Crippen LogP contribution in [0, 0.1) is 17.3 Å². The number of carboxylic acid groups (broad SMARTS) is 1. The SMILES string of the molecule is O=C([O-])C1(C2CCCCO2)CC2C=CC1C2. The van der Waals surface area contributed by atoms with E-state index < -0.39 is 11.4 Å². The van der Waals surface area contributed by atoms with Crippen LogP contribution in [0.1, 0.15) is 32.1 Å². The highest BCUT2D eigenvalue weighted by Gasteiger charge is 2.54. The molecule has 2 fully saturated rings. The first kappa shape index (κ1) is 10.3. The zero-order valence-corrected chi connectivity index (χ0v) is 9.35. The van der Waals surface area contributed by atoms with Crippen LogP contribution in [0.4, 0.5) is 0 Å². The molecule has 88 valence electrons. The highest BCUT2D eigenvalue weighted by molar-refractivity contribution is 5.75. The number of aliphatic carboxylic acids is 1. The van der Waals surface area contributed by atoms with Crippen LogP contribution in [-0.4, -0.2) is 18.7 Å². The van der Waals surface area contributed by atoms with Gasteiger partial charge < -0.3 is 14.6 Å². The molecular formula is C13H17O3-. The summed E-state index contributed by atoms with van der Waals surface area (Å²) < 4.78 is 5.72. The predicted octanol–water partition coefficient (Wildman–Crippen LogP) is 0.888.